The number of oxazole rings is 1. The van der Waals surface area contributed by atoms with Crippen molar-refractivity contribution in [2.24, 2.45) is 0 Å². The van der Waals surface area contributed by atoms with E-state index in [0.717, 1.165) is 25.9 Å². The molecule has 3 rings (SSSR count). The number of carbonyl (C=O) groups is 1. The summed E-state index contributed by atoms with van der Waals surface area (Å²) < 4.78 is 21.7. The second kappa shape index (κ2) is 8.12. The van der Waals surface area contributed by atoms with Crippen LogP contribution in [0.3, 0.4) is 0 Å². The topological polar surface area (TPSA) is 82.8 Å². The van der Waals surface area contributed by atoms with E-state index < -0.39 is 0 Å². The molecule has 1 saturated heterocycles. The molecule has 7 nitrogen and oxygen atoms in total. The third kappa shape index (κ3) is 4.46. The van der Waals surface area contributed by atoms with Gasteiger partial charge < -0.3 is 23.9 Å². The molecule has 2 heterocycles. The van der Waals surface area contributed by atoms with Crippen LogP contribution in [0, 0.1) is 0 Å². The highest BCUT2D eigenvalue weighted by Gasteiger charge is 2.14. The van der Waals surface area contributed by atoms with E-state index >= 15 is 0 Å². The summed E-state index contributed by atoms with van der Waals surface area (Å²) in [7, 11) is 1.60. The predicted octanol–water partition coefficient (Wildman–Crippen LogP) is 2.04. The SMILES string of the molecule is COc1ccc2oc(CNC(=O)COCC3CCCCO3)nc2c1. The van der Waals surface area contributed by atoms with Gasteiger partial charge in [0.15, 0.2) is 5.58 Å². The molecule has 1 aromatic heterocycles. The predicted molar refractivity (Wildman–Crippen MR) is 86.8 cm³/mol. The Hall–Kier alpha value is -2.12. The quantitative estimate of drug-likeness (QED) is 0.834. The monoisotopic (exact) mass is 334 g/mol. The van der Waals surface area contributed by atoms with Gasteiger partial charge in [0, 0.05) is 12.7 Å². The van der Waals surface area contributed by atoms with E-state index in [-0.39, 0.29) is 25.2 Å². The molecular weight excluding hydrogens is 312 g/mol. The number of fused-ring (bicyclic) bond motifs is 1. The summed E-state index contributed by atoms with van der Waals surface area (Å²) in [6.07, 6.45) is 3.36. The van der Waals surface area contributed by atoms with Gasteiger partial charge in [0.25, 0.3) is 0 Å². The second-order valence-electron chi connectivity index (χ2n) is 5.72. The standard InChI is InChI=1S/C17H22N2O5/c1-21-12-5-6-15-14(8-12)19-17(24-15)9-18-16(20)11-22-10-13-4-2-3-7-23-13/h5-6,8,13H,2-4,7,9-11H2,1H3,(H,18,20). The maximum Gasteiger partial charge on any atom is 0.246 e. The van der Waals surface area contributed by atoms with E-state index in [1.807, 2.05) is 0 Å². The highest BCUT2D eigenvalue weighted by molar-refractivity contribution is 5.77. The Labute approximate surface area is 140 Å². The van der Waals surface area contributed by atoms with Crippen LogP contribution < -0.4 is 10.1 Å². The molecule has 7 heteroatoms. The van der Waals surface area contributed by atoms with Crippen LogP contribution in [0.5, 0.6) is 5.75 Å². The fraction of sp³-hybridized carbons (Fsp3) is 0.529. The van der Waals surface area contributed by atoms with Crippen LogP contribution in [-0.4, -0.2) is 43.9 Å². The first-order valence-corrected chi connectivity index (χ1v) is 8.14. The molecular formula is C17H22N2O5. The van der Waals surface area contributed by atoms with Crippen LogP contribution in [0.15, 0.2) is 22.6 Å². The lowest BCUT2D eigenvalue weighted by molar-refractivity contribution is -0.128. The molecule has 1 amide bonds. The number of nitrogens with one attached hydrogen (secondary N) is 1. The third-order valence-corrected chi connectivity index (χ3v) is 3.89. The maximum absolute atomic E-state index is 11.8. The van der Waals surface area contributed by atoms with Crippen molar-refractivity contribution in [2.75, 3.05) is 26.9 Å². The Morgan fingerprint density at radius 3 is 3.12 bits per heavy atom. The van der Waals surface area contributed by atoms with E-state index in [9.17, 15) is 4.79 Å². The summed E-state index contributed by atoms with van der Waals surface area (Å²) in [5, 5.41) is 2.73. The summed E-state index contributed by atoms with van der Waals surface area (Å²) in [6.45, 7) is 1.46. The molecule has 1 unspecified atom stereocenters. The van der Waals surface area contributed by atoms with Gasteiger partial charge in [0.2, 0.25) is 11.8 Å². The van der Waals surface area contributed by atoms with E-state index in [4.69, 9.17) is 18.6 Å². The first-order valence-electron chi connectivity index (χ1n) is 8.14. The summed E-state index contributed by atoms with van der Waals surface area (Å²) in [4.78, 5) is 16.1. The minimum atomic E-state index is -0.203. The van der Waals surface area contributed by atoms with E-state index in [2.05, 4.69) is 10.3 Å². The fourth-order valence-corrected chi connectivity index (χ4v) is 2.60. The normalized spacial score (nSPS) is 17.8. The smallest absolute Gasteiger partial charge is 0.246 e. The number of amides is 1. The molecule has 24 heavy (non-hydrogen) atoms. The molecule has 2 aromatic rings. The van der Waals surface area contributed by atoms with Gasteiger partial charge in [-0.05, 0) is 31.4 Å². The van der Waals surface area contributed by atoms with Crippen LogP contribution in [0.1, 0.15) is 25.2 Å². The Kier molecular flexibility index (Phi) is 5.66. The molecule has 0 aliphatic carbocycles. The van der Waals surface area contributed by atoms with Crippen molar-refractivity contribution >= 4 is 17.0 Å². The van der Waals surface area contributed by atoms with E-state index in [0.29, 0.717) is 29.3 Å². The number of rotatable bonds is 7. The zero-order valence-corrected chi connectivity index (χ0v) is 13.7. The first-order chi connectivity index (χ1) is 11.7. The maximum atomic E-state index is 11.8. The average molecular weight is 334 g/mol. The van der Waals surface area contributed by atoms with Crippen LogP contribution in [0.2, 0.25) is 0 Å². The van der Waals surface area contributed by atoms with Gasteiger partial charge in [-0.3, -0.25) is 4.79 Å². The molecule has 1 atom stereocenters. The Morgan fingerprint density at radius 1 is 1.42 bits per heavy atom. The number of carbonyl (C=O) groups excluding carboxylic acids is 1. The average Bonchev–Trinajstić information content (AvgIpc) is 3.03. The summed E-state index contributed by atoms with van der Waals surface area (Å²) in [5.41, 5.74) is 1.36. The number of benzene rings is 1. The first kappa shape index (κ1) is 16.7. The van der Waals surface area contributed by atoms with Crippen molar-refractivity contribution in [3.8, 4) is 5.75 Å². The van der Waals surface area contributed by atoms with Gasteiger partial charge in [-0.1, -0.05) is 0 Å². The zero-order chi connectivity index (χ0) is 16.8. The third-order valence-electron chi connectivity index (χ3n) is 3.89. The van der Waals surface area contributed by atoms with Crippen molar-refractivity contribution in [2.45, 2.75) is 31.9 Å². The lowest BCUT2D eigenvalue weighted by Crippen LogP contribution is -2.30. The van der Waals surface area contributed by atoms with Crippen molar-refractivity contribution in [1.82, 2.24) is 10.3 Å². The molecule has 1 aliphatic rings. The van der Waals surface area contributed by atoms with Crippen molar-refractivity contribution in [1.29, 1.82) is 0 Å². The summed E-state index contributed by atoms with van der Waals surface area (Å²) >= 11 is 0. The minimum Gasteiger partial charge on any atom is -0.497 e. The summed E-state index contributed by atoms with van der Waals surface area (Å²) in [5.74, 6) is 0.956. The lowest BCUT2D eigenvalue weighted by Gasteiger charge is -2.22. The van der Waals surface area contributed by atoms with Crippen molar-refractivity contribution in [3.63, 3.8) is 0 Å². The van der Waals surface area contributed by atoms with Crippen LogP contribution in [0.4, 0.5) is 0 Å². The van der Waals surface area contributed by atoms with Gasteiger partial charge in [0.1, 0.15) is 17.9 Å². The van der Waals surface area contributed by atoms with Crippen molar-refractivity contribution < 1.29 is 23.4 Å². The van der Waals surface area contributed by atoms with E-state index in [1.165, 1.54) is 0 Å². The Morgan fingerprint density at radius 2 is 2.33 bits per heavy atom. The number of hydrogen-bond donors (Lipinski definition) is 1. The van der Waals surface area contributed by atoms with Gasteiger partial charge in [-0.25, -0.2) is 4.98 Å². The largest absolute Gasteiger partial charge is 0.497 e. The van der Waals surface area contributed by atoms with Crippen molar-refractivity contribution in [3.05, 3.63) is 24.1 Å². The molecule has 0 saturated carbocycles. The zero-order valence-electron chi connectivity index (χ0n) is 13.7. The number of methoxy groups -OCH3 is 1. The number of nitrogens with zero attached hydrogens (tertiary/aromatic N) is 1. The fourth-order valence-electron chi connectivity index (χ4n) is 2.60. The molecule has 1 N–H and O–H groups in total. The Balaban J connectivity index is 1.42. The molecule has 0 radical (unpaired) electrons. The number of aromatic nitrogens is 1. The molecule has 1 fully saturated rings. The van der Waals surface area contributed by atoms with Gasteiger partial charge >= 0.3 is 0 Å². The highest BCUT2D eigenvalue weighted by atomic mass is 16.5. The van der Waals surface area contributed by atoms with Gasteiger partial charge in [-0.15, -0.1) is 0 Å². The van der Waals surface area contributed by atoms with Crippen LogP contribution >= 0.6 is 0 Å². The summed E-state index contributed by atoms with van der Waals surface area (Å²) in [6, 6.07) is 5.38. The van der Waals surface area contributed by atoms with Crippen LogP contribution in [0.25, 0.3) is 11.1 Å². The van der Waals surface area contributed by atoms with Gasteiger partial charge in [-0.2, -0.15) is 0 Å². The number of ether oxygens (including phenoxy) is 3. The molecule has 1 aliphatic heterocycles. The second-order valence-corrected chi connectivity index (χ2v) is 5.72. The lowest BCUT2D eigenvalue weighted by atomic mass is 10.1. The van der Waals surface area contributed by atoms with E-state index in [1.54, 1.807) is 25.3 Å². The molecule has 1 aromatic carbocycles. The Bertz CT molecular complexity index is 679. The highest BCUT2D eigenvalue weighted by Crippen LogP contribution is 2.21. The van der Waals surface area contributed by atoms with Crippen LogP contribution in [-0.2, 0) is 20.8 Å². The minimum absolute atomic E-state index is 0.00785. The van der Waals surface area contributed by atoms with Gasteiger partial charge in [0.05, 0.1) is 26.4 Å². The molecule has 0 bridgehead atoms. The molecule has 0 spiro atoms. The molecule has 130 valence electrons. The number of hydrogen-bond acceptors (Lipinski definition) is 6.